The van der Waals surface area contributed by atoms with Crippen LogP contribution < -0.4 is 4.74 Å². The summed E-state index contributed by atoms with van der Waals surface area (Å²) < 4.78 is 7.61. The van der Waals surface area contributed by atoms with Gasteiger partial charge in [0.2, 0.25) is 0 Å². The second-order valence-corrected chi connectivity index (χ2v) is 6.68. The Morgan fingerprint density at radius 2 is 2.00 bits per heavy atom. The van der Waals surface area contributed by atoms with Gasteiger partial charge >= 0.3 is 0 Å². The molecular formula is C19H27N3O. The molecule has 0 fully saturated rings. The average molecular weight is 313 g/mol. The molecular weight excluding hydrogens is 286 g/mol. The zero-order valence-corrected chi connectivity index (χ0v) is 14.7. The van der Waals surface area contributed by atoms with E-state index >= 15 is 0 Å². The molecule has 0 aliphatic heterocycles. The molecule has 4 nitrogen and oxygen atoms in total. The number of nitrogens with zero attached hydrogens (tertiary/aromatic N) is 3. The van der Waals surface area contributed by atoms with Crippen LogP contribution in [0.15, 0.2) is 18.2 Å². The van der Waals surface area contributed by atoms with Crippen LogP contribution in [-0.4, -0.2) is 42.4 Å². The van der Waals surface area contributed by atoms with Crippen molar-refractivity contribution < 1.29 is 4.74 Å². The van der Waals surface area contributed by atoms with Gasteiger partial charge in [-0.3, -0.25) is 4.68 Å². The molecule has 1 aliphatic rings. The Kier molecular flexibility index (Phi) is 4.71. The third-order valence-corrected chi connectivity index (χ3v) is 4.70. The molecule has 0 radical (unpaired) electrons. The van der Waals surface area contributed by atoms with E-state index < -0.39 is 0 Å². The lowest BCUT2D eigenvalue weighted by Crippen LogP contribution is -2.15. The molecule has 1 aliphatic carbocycles. The Hall–Kier alpha value is -1.81. The van der Waals surface area contributed by atoms with E-state index in [9.17, 15) is 0 Å². The van der Waals surface area contributed by atoms with Crippen LogP contribution in [0.5, 0.6) is 5.75 Å². The molecule has 1 aromatic heterocycles. The maximum atomic E-state index is 5.55. The summed E-state index contributed by atoms with van der Waals surface area (Å²) in [5.74, 6) is 0.978. The molecule has 1 aromatic carbocycles. The van der Waals surface area contributed by atoms with Crippen LogP contribution in [-0.2, 0) is 26.3 Å². The first kappa shape index (κ1) is 16.1. The largest absolute Gasteiger partial charge is 0.496 e. The van der Waals surface area contributed by atoms with Crippen molar-refractivity contribution in [3.8, 4) is 17.0 Å². The Labute approximate surface area is 139 Å². The van der Waals surface area contributed by atoms with Crippen molar-refractivity contribution in [2.24, 2.45) is 7.05 Å². The lowest BCUT2D eigenvalue weighted by Gasteiger charge is -2.15. The van der Waals surface area contributed by atoms with Crippen LogP contribution in [0.3, 0.4) is 0 Å². The van der Waals surface area contributed by atoms with E-state index in [0.29, 0.717) is 0 Å². The summed E-state index contributed by atoms with van der Waals surface area (Å²) in [6.45, 7) is 1.02. The molecule has 124 valence electrons. The lowest BCUT2D eigenvalue weighted by molar-refractivity contribution is 0.392. The fourth-order valence-corrected chi connectivity index (χ4v) is 3.51. The van der Waals surface area contributed by atoms with Crippen LogP contribution in [0.1, 0.15) is 29.7 Å². The molecule has 0 bridgehead atoms. The molecule has 0 unspecified atom stereocenters. The Bertz CT molecular complexity index is 688. The zero-order chi connectivity index (χ0) is 16.4. The molecule has 0 saturated carbocycles. The quantitative estimate of drug-likeness (QED) is 0.850. The highest BCUT2D eigenvalue weighted by molar-refractivity contribution is 5.67. The van der Waals surface area contributed by atoms with E-state index in [0.717, 1.165) is 31.6 Å². The number of benzene rings is 1. The van der Waals surface area contributed by atoms with Crippen molar-refractivity contribution in [3.63, 3.8) is 0 Å². The van der Waals surface area contributed by atoms with Crippen molar-refractivity contribution in [1.82, 2.24) is 14.7 Å². The molecule has 0 saturated heterocycles. The van der Waals surface area contributed by atoms with Gasteiger partial charge in [0.15, 0.2) is 0 Å². The first-order chi connectivity index (χ1) is 11.1. The van der Waals surface area contributed by atoms with Crippen molar-refractivity contribution in [2.45, 2.75) is 32.1 Å². The molecule has 3 rings (SSSR count). The highest BCUT2D eigenvalue weighted by Gasteiger charge is 2.21. The highest BCUT2D eigenvalue weighted by atomic mass is 16.5. The smallest absolute Gasteiger partial charge is 0.122 e. The lowest BCUT2D eigenvalue weighted by atomic mass is 9.93. The number of ether oxygens (including phenoxy) is 1. The van der Waals surface area contributed by atoms with E-state index in [-0.39, 0.29) is 0 Å². The van der Waals surface area contributed by atoms with Crippen LogP contribution in [0.2, 0.25) is 0 Å². The second-order valence-electron chi connectivity index (χ2n) is 6.68. The summed E-state index contributed by atoms with van der Waals surface area (Å²) in [5.41, 5.74) is 6.55. The van der Waals surface area contributed by atoms with Crippen molar-refractivity contribution in [3.05, 3.63) is 35.0 Å². The molecule has 0 spiro atoms. The van der Waals surface area contributed by atoms with Gasteiger partial charge in [0.25, 0.3) is 0 Å². The number of fused-ring (bicyclic) bond motifs is 1. The second kappa shape index (κ2) is 6.75. The van der Waals surface area contributed by atoms with Crippen LogP contribution in [0.25, 0.3) is 11.3 Å². The summed E-state index contributed by atoms with van der Waals surface area (Å²) in [6, 6.07) is 6.56. The summed E-state index contributed by atoms with van der Waals surface area (Å²) in [5, 5.41) is 4.75. The fourth-order valence-electron chi connectivity index (χ4n) is 3.51. The van der Waals surface area contributed by atoms with Crippen molar-refractivity contribution in [2.75, 3.05) is 27.7 Å². The monoisotopic (exact) mass is 313 g/mol. The minimum atomic E-state index is 0.978. The predicted molar refractivity (Wildman–Crippen MR) is 94.1 cm³/mol. The first-order valence-corrected chi connectivity index (χ1v) is 8.47. The average Bonchev–Trinajstić information content (AvgIpc) is 2.88. The number of methoxy groups -OCH3 is 1. The Balaban J connectivity index is 2.00. The van der Waals surface area contributed by atoms with Gasteiger partial charge in [-0.2, -0.15) is 5.10 Å². The highest BCUT2D eigenvalue weighted by Crippen LogP contribution is 2.33. The third kappa shape index (κ3) is 3.27. The number of hydrogen-bond donors (Lipinski definition) is 0. The Morgan fingerprint density at radius 3 is 2.74 bits per heavy atom. The summed E-state index contributed by atoms with van der Waals surface area (Å²) in [7, 11) is 8.03. The summed E-state index contributed by atoms with van der Waals surface area (Å²) >= 11 is 0. The molecule has 0 N–H and O–H groups in total. The minimum absolute atomic E-state index is 0.978. The standard InChI is InChI=1S/C19H27N3O/c1-21(2)12-11-14-13-15(9-10-18(14)23-4)19-16-7-5-6-8-17(16)20-22(19)3/h9-10,13H,5-8,11-12H2,1-4H3. The molecule has 0 amide bonds. The van der Waals surface area contributed by atoms with Gasteiger partial charge in [-0.05, 0) is 70.0 Å². The van der Waals surface area contributed by atoms with E-state index in [1.54, 1.807) is 7.11 Å². The Morgan fingerprint density at radius 1 is 1.22 bits per heavy atom. The number of likely N-dealkylation sites (N-methyl/N-ethyl adjacent to an activating group) is 1. The van der Waals surface area contributed by atoms with E-state index in [1.165, 1.54) is 40.9 Å². The number of aromatic nitrogens is 2. The topological polar surface area (TPSA) is 30.3 Å². The van der Waals surface area contributed by atoms with E-state index in [4.69, 9.17) is 9.84 Å². The van der Waals surface area contributed by atoms with Crippen LogP contribution in [0, 0.1) is 0 Å². The maximum absolute atomic E-state index is 5.55. The van der Waals surface area contributed by atoms with Gasteiger partial charge in [0, 0.05) is 24.7 Å². The minimum Gasteiger partial charge on any atom is -0.496 e. The summed E-state index contributed by atoms with van der Waals surface area (Å²) in [6.07, 6.45) is 5.80. The number of hydrogen-bond acceptors (Lipinski definition) is 3. The predicted octanol–water partition coefficient (Wildman–Crippen LogP) is 3.08. The third-order valence-electron chi connectivity index (χ3n) is 4.70. The number of rotatable bonds is 5. The molecule has 0 atom stereocenters. The van der Waals surface area contributed by atoms with Gasteiger partial charge in [-0.1, -0.05) is 0 Å². The van der Waals surface area contributed by atoms with Gasteiger partial charge in [0.05, 0.1) is 18.5 Å². The van der Waals surface area contributed by atoms with Crippen LogP contribution >= 0.6 is 0 Å². The van der Waals surface area contributed by atoms with Crippen molar-refractivity contribution in [1.29, 1.82) is 0 Å². The zero-order valence-electron chi connectivity index (χ0n) is 14.7. The molecule has 1 heterocycles. The van der Waals surface area contributed by atoms with Crippen molar-refractivity contribution >= 4 is 0 Å². The molecule has 4 heteroatoms. The normalized spacial score (nSPS) is 14.1. The maximum Gasteiger partial charge on any atom is 0.122 e. The SMILES string of the molecule is COc1ccc(-c2c3c(nn2C)CCCC3)cc1CCN(C)C. The van der Waals surface area contributed by atoms with Gasteiger partial charge in [-0.15, -0.1) is 0 Å². The van der Waals surface area contributed by atoms with Gasteiger partial charge in [0.1, 0.15) is 5.75 Å². The van der Waals surface area contributed by atoms with Gasteiger partial charge < -0.3 is 9.64 Å². The first-order valence-electron chi connectivity index (χ1n) is 8.47. The van der Waals surface area contributed by atoms with Crippen LogP contribution in [0.4, 0.5) is 0 Å². The fraction of sp³-hybridized carbons (Fsp3) is 0.526. The van der Waals surface area contributed by atoms with Gasteiger partial charge in [-0.25, -0.2) is 0 Å². The van der Waals surface area contributed by atoms with E-state index in [2.05, 4.69) is 48.9 Å². The molecule has 2 aromatic rings. The van der Waals surface area contributed by atoms with E-state index in [1.807, 2.05) is 0 Å². The summed E-state index contributed by atoms with van der Waals surface area (Å²) in [4.78, 5) is 2.21. The number of aryl methyl sites for hydroxylation is 2. The molecule has 23 heavy (non-hydrogen) atoms.